The monoisotopic (exact) mass is 585 g/mol. The van der Waals surface area contributed by atoms with Crippen molar-refractivity contribution in [3.8, 4) is 11.5 Å². The summed E-state index contributed by atoms with van der Waals surface area (Å²) in [6.07, 6.45) is -0.507. The summed E-state index contributed by atoms with van der Waals surface area (Å²) in [4.78, 5) is 12.6. The van der Waals surface area contributed by atoms with Crippen LogP contribution in [0.4, 0.5) is 5.69 Å². The molecule has 2 aromatic carbocycles. The Balaban J connectivity index is 2.22. The van der Waals surface area contributed by atoms with Gasteiger partial charge < -0.3 is 28.4 Å². The van der Waals surface area contributed by atoms with Crippen molar-refractivity contribution in [1.82, 2.24) is 5.32 Å². The number of benzene rings is 2. The number of anilines is 1. The van der Waals surface area contributed by atoms with Gasteiger partial charge in [-0.2, -0.15) is 0 Å². The number of nitrogens with one attached hydrogen (secondary N) is 1. The zero-order valence-electron chi connectivity index (χ0n) is 20.8. The molecule has 0 aliphatic heterocycles. The third-order valence-electron chi connectivity index (χ3n) is 6.24. The predicted octanol–water partition coefficient (Wildman–Crippen LogP) is 4.95. The van der Waals surface area contributed by atoms with Crippen molar-refractivity contribution >= 4 is 47.1 Å². The van der Waals surface area contributed by atoms with Gasteiger partial charge in [0.25, 0.3) is 5.91 Å². The van der Waals surface area contributed by atoms with Crippen molar-refractivity contribution in [2.45, 2.75) is 51.9 Å². The van der Waals surface area contributed by atoms with E-state index in [1.807, 2.05) is 19.1 Å². The SMILES string of the molecule is CC[Si](CC)(CC)OC(CNC(=O)COc1ccc(Br)cc1C)c1ccc(O)c(N(C)S(=O)[O-])c1. The van der Waals surface area contributed by atoms with Crippen LogP contribution in [0.25, 0.3) is 0 Å². The summed E-state index contributed by atoms with van der Waals surface area (Å²) >= 11 is 0.858. The van der Waals surface area contributed by atoms with E-state index in [1.165, 1.54) is 13.1 Å². The lowest BCUT2D eigenvalue weighted by atomic mass is 10.1. The molecule has 0 radical (unpaired) electrons. The van der Waals surface area contributed by atoms with E-state index in [9.17, 15) is 18.7 Å². The molecule has 194 valence electrons. The van der Waals surface area contributed by atoms with E-state index in [0.29, 0.717) is 11.3 Å². The normalized spacial score (nSPS) is 13.2. The Morgan fingerprint density at radius 1 is 1.20 bits per heavy atom. The number of carbonyl (C=O) groups is 1. The van der Waals surface area contributed by atoms with E-state index in [2.05, 4.69) is 42.0 Å². The Bertz CT molecular complexity index is 1030. The highest BCUT2D eigenvalue weighted by molar-refractivity contribution is 9.10. The van der Waals surface area contributed by atoms with Crippen molar-refractivity contribution in [2.75, 3.05) is 24.5 Å². The molecule has 2 rings (SSSR count). The number of ether oxygens (including phenoxy) is 1. The van der Waals surface area contributed by atoms with Crippen molar-refractivity contribution in [3.63, 3.8) is 0 Å². The quantitative estimate of drug-likeness (QED) is 0.254. The smallest absolute Gasteiger partial charge is 0.258 e. The molecule has 0 saturated heterocycles. The molecule has 0 aliphatic rings. The zero-order valence-corrected chi connectivity index (χ0v) is 24.2. The molecule has 35 heavy (non-hydrogen) atoms. The zero-order chi connectivity index (χ0) is 26.2. The molecule has 0 aromatic heterocycles. The fourth-order valence-corrected chi connectivity index (χ4v) is 7.38. The molecule has 0 saturated carbocycles. The van der Waals surface area contributed by atoms with Gasteiger partial charge in [0.05, 0.1) is 11.8 Å². The second-order valence-electron chi connectivity index (χ2n) is 8.32. The molecule has 1 amide bonds. The molecule has 2 N–H and O–H groups in total. The molecule has 0 spiro atoms. The molecule has 11 heteroatoms. The van der Waals surface area contributed by atoms with Crippen LogP contribution in [0.1, 0.15) is 38.0 Å². The number of phenolic OH excluding ortho intramolecular Hbond substituents is 1. The summed E-state index contributed by atoms with van der Waals surface area (Å²) in [6.45, 7) is 8.27. The number of halogens is 1. The number of hydrogen-bond donors (Lipinski definition) is 2. The van der Waals surface area contributed by atoms with Crippen LogP contribution < -0.4 is 14.4 Å². The lowest BCUT2D eigenvalue weighted by molar-refractivity contribution is -0.123. The second-order valence-corrected chi connectivity index (χ2v) is 14.9. The van der Waals surface area contributed by atoms with Crippen LogP contribution in [0.2, 0.25) is 18.1 Å². The summed E-state index contributed by atoms with van der Waals surface area (Å²) in [5, 5.41) is 13.1. The summed E-state index contributed by atoms with van der Waals surface area (Å²) in [7, 11) is -0.733. The van der Waals surface area contributed by atoms with Gasteiger partial charge in [0.1, 0.15) is 11.5 Å². The van der Waals surface area contributed by atoms with E-state index in [0.717, 1.165) is 32.5 Å². The molecule has 8 nitrogen and oxygen atoms in total. The maximum Gasteiger partial charge on any atom is 0.258 e. The minimum absolute atomic E-state index is 0.140. The number of amides is 1. The van der Waals surface area contributed by atoms with E-state index in [1.54, 1.807) is 18.2 Å². The number of aromatic hydroxyl groups is 1. The Hall–Kier alpha value is -1.92. The summed E-state index contributed by atoms with van der Waals surface area (Å²) < 4.78 is 37.2. The van der Waals surface area contributed by atoms with Crippen LogP contribution in [0, 0.1) is 6.92 Å². The number of nitrogens with zero attached hydrogens (tertiary/aromatic N) is 1. The first kappa shape index (κ1) is 29.3. The maximum absolute atomic E-state index is 12.6. The molecule has 0 fully saturated rings. The molecule has 0 heterocycles. The number of hydrogen-bond acceptors (Lipinski definition) is 6. The average molecular weight is 587 g/mol. The Labute approximate surface area is 219 Å². The van der Waals surface area contributed by atoms with Crippen LogP contribution >= 0.6 is 15.9 Å². The first-order valence-electron chi connectivity index (χ1n) is 11.5. The van der Waals surface area contributed by atoms with Gasteiger partial charge in [0.15, 0.2) is 14.9 Å². The Morgan fingerprint density at radius 3 is 2.43 bits per heavy atom. The van der Waals surface area contributed by atoms with E-state index in [4.69, 9.17) is 9.16 Å². The first-order chi connectivity index (χ1) is 16.6. The van der Waals surface area contributed by atoms with Gasteiger partial charge in [0, 0.05) is 29.3 Å². The molecule has 0 aliphatic carbocycles. The van der Waals surface area contributed by atoms with Gasteiger partial charge in [-0.05, 0) is 66.5 Å². The van der Waals surface area contributed by atoms with Crippen molar-refractivity contribution in [2.24, 2.45) is 0 Å². The van der Waals surface area contributed by atoms with Crippen molar-refractivity contribution in [3.05, 3.63) is 52.0 Å². The fourth-order valence-electron chi connectivity index (χ4n) is 3.78. The van der Waals surface area contributed by atoms with E-state index < -0.39 is 25.7 Å². The van der Waals surface area contributed by atoms with Gasteiger partial charge in [-0.1, -0.05) is 42.8 Å². The topological polar surface area (TPSA) is 111 Å². The van der Waals surface area contributed by atoms with Gasteiger partial charge in [-0.15, -0.1) is 0 Å². The van der Waals surface area contributed by atoms with Crippen LogP contribution in [-0.2, 0) is 20.5 Å². The van der Waals surface area contributed by atoms with Gasteiger partial charge >= 0.3 is 0 Å². The second kappa shape index (κ2) is 13.4. The number of carbonyl (C=O) groups excluding carboxylic acids is 1. The maximum atomic E-state index is 12.6. The minimum Gasteiger partial charge on any atom is -0.755 e. The van der Waals surface area contributed by atoms with Crippen LogP contribution in [0.3, 0.4) is 0 Å². The highest BCUT2D eigenvalue weighted by Crippen LogP contribution is 2.34. The van der Waals surface area contributed by atoms with Gasteiger partial charge in [-0.3, -0.25) is 9.00 Å². The third kappa shape index (κ3) is 8.04. The van der Waals surface area contributed by atoms with E-state index >= 15 is 0 Å². The molecule has 2 atom stereocenters. The lowest BCUT2D eigenvalue weighted by Gasteiger charge is -2.34. The van der Waals surface area contributed by atoms with Gasteiger partial charge in [-0.25, -0.2) is 0 Å². The molecule has 2 aromatic rings. The van der Waals surface area contributed by atoms with Crippen molar-refractivity contribution < 1.29 is 27.8 Å². The highest BCUT2D eigenvalue weighted by atomic mass is 79.9. The number of rotatable bonds is 13. The van der Waals surface area contributed by atoms with E-state index in [-0.39, 0.29) is 30.5 Å². The number of aryl methyl sites for hydroxylation is 1. The molecule has 0 bridgehead atoms. The van der Waals surface area contributed by atoms with Crippen molar-refractivity contribution in [1.29, 1.82) is 0 Å². The Morgan fingerprint density at radius 2 is 1.86 bits per heavy atom. The largest absolute Gasteiger partial charge is 0.755 e. The van der Waals surface area contributed by atoms with Crippen LogP contribution in [0.5, 0.6) is 11.5 Å². The standard InChI is InChI=1S/C24H35BrN2O6SSi/c1-6-35(7-2,8-3)33-23(18-9-11-21(28)20(14-18)27(5)34(30)31)15-26-24(29)16-32-22-12-10-19(25)13-17(22)4/h9-14,23,28H,6-8,15-16H2,1-5H3,(H,26,29)(H,30,31)/p-1. The molecular weight excluding hydrogens is 552 g/mol. The fraction of sp³-hybridized carbons (Fsp3) is 0.458. The summed E-state index contributed by atoms with van der Waals surface area (Å²) in [5.41, 5.74) is 1.73. The molecular formula is C24H34BrN2O6SSi-. The van der Waals surface area contributed by atoms with Crippen LogP contribution in [-0.4, -0.2) is 48.3 Å². The lowest BCUT2D eigenvalue weighted by Crippen LogP contribution is -2.41. The predicted molar refractivity (Wildman–Crippen MR) is 144 cm³/mol. The third-order valence-corrected chi connectivity index (χ3v) is 12.0. The Kier molecular flexibility index (Phi) is 11.2. The average Bonchev–Trinajstić information content (AvgIpc) is 2.84. The minimum atomic E-state index is -2.55. The number of phenols is 1. The summed E-state index contributed by atoms with van der Waals surface area (Å²) in [5.74, 6) is 0.170. The first-order valence-corrected chi connectivity index (χ1v) is 15.9. The highest BCUT2D eigenvalue weighted by Gasteiger charge is 2.33. The van der Waals surface area contributed by atoms with Crippen LogP contribution in [0.15, 0.2) is 40.9 Å². The van der Waals surface area contributed by atoms with Gasteiger partial charge in [0.2, 0.25) is 0 Å². The summed E-state index contributed by atoms with van der Waals surface area (Å²) in [6, 6.07) is 13.0. The molecule has 2 unspecified atom stereocenters.